The van der Waals surface area contributed by atoms with Crippen molar-refractivity contribution in [3.8, 4) is 22.3 Å². The second kappa shape index (κ2) is 11.4. The first-order valence-electron chi connectivity index (χ1n) is 18.9. The number of benzene rings is 6. The zero-order valence-corrected chi connectivity index (χ0v) is 33.6. The minimum absolute atomic E-state index is 0.472. The molecule has 0 amide bonds. The number of rotatable bonds is 4. The first-order chi connectivity index (χ1) is 24.2. The highest BCUT2D eigenvalue weighted by Gasteiger charge is 2.53. The SMILES string of the molecule is Cc1cc(C)c(-c2cc3c(B4OC(C)(C)C(C)(C)O4)ccc4c(-c5c(C)cc(C)cc5C)cc5c(B6OC(C)(C)C(C)(C)O6)ccc2c5c34)c(C)c1. The van der Waals surface area contributed by atoms with Crippen molar-refractivity contribution in [2.75, 3.05) is 0 Å². The molecule has 2 aliphatic heterocycles. The Morgan fingerprint density at radius 2 is 0.673 bits per heavy atom. The highest BCUT2D eigenvalue weighted by atomic mass is 16.7. The second-order valence-corrected chi connectivity index (χ2v) is 17.8. The van der Waals surface area contributed by atoms with Crippen LogP contribution in [-0.4, -0.2) is 36.6 Å². The molecule has 0 saturated carbocycles. The van der Waals surface area contributed by atoms with Crippen LogP contribution >= 0.6 is 0 Å². The smallest absolute Gasteiger partial charge is 0.399 e. The fourth-order valence-electron chi connectivity index (χ4n) is 8.99. The summed E-state index contributed by atoms with van der Waals surface area (Å²) in [4.78, 5) is 0. The molecule has 2 fully saturated rings. The van der Waals surface area contributed by atoms with Gasteiger partial charge in [0.2, 0.25) is 0 Å². The van der Waals surface area contributed by atoms with Gasteiger partial charge in [0.05, 0.1) is 22.4 Å². The lowest BCUT2D eigenvalue weighted by Gasteiger charge is -2.32. The Hall–Kier alpha value is -3.67. The molecular formula is C46H52B2O4. The highest BCUT2D eigenvalue weighted by molar-refractivity contribution is 6.67. The lowest BCUT2D eigenvalue weighted by atomic mass is 9.70. The van der Waals surface area contributed by atoms with Crippen LogP contribution in [0.15, 0.2) is 60.7 Å². The first-order valence-corrected chi connectivity index (χ1v) is 18.9. The molecule has 0 atom stereocenters. The fraction of sp³-hybridized carbons (Fsp3) is 0.391. The molecule has 6 heteroatoms. The molecule has 6 aromatic rings. The van der Waals surface area contributed by atoms with Crippen LogP contribution in [0.4, 0.5) is 0 Å². The predicted molar refractivity (Wildman–Crippen MR) is 221 cm³/mol. The largest absolute Gasteiger partial charge is 0.495 e. The van der Waals surface area contributed by atoms with Gasteiger partial charge >= 0.3 is 14.2 Å². The van der Waals surface area contributed by atoms with Crippen LogP contribution in [0.5, 0.6) is 0 Å². The van der Waals surface area contributed by atoms with E-state index in [-0.39, 0.29) is 0 Å². The van der Waals surface area contributed by atoms with Crippen molar-refractivity contribution in [3.05, 3.63) is 94.0 Å². The van der Waals surface area contributed by atoms with Crippen molar-refractivity contribution in [1.82, 2.24) is 0 Å². The summed E-state index contributed by atoms with van der Waals surface area (Å²) in [5.74, 6) is 0. The van der Waals surface area contributed by atoms with E-state index in [2.05, 4.69) is 158 Å². The Balaban J connectivity index is 1.56. The normalized spacial score (nSPS) is 19.2. The maximum absolute atomic E-state index is 6.80. The third-order valence-corrected chi connectivity index (χ3v) is 12.9. The van der Waals surface area contributed by atoms with E-state index in [0.29, 0.717) is 0 Å². The summed E-state index contributed by atoms with van der Waals surface area (Å²) in [5, 5.41) is 7.18. The Labute approximate surface area is 310 Å². The molecule has 2 aliphatic rings. The van der Waals surface area contributed by atoms with Crippen molar-refractivity contribution in [2.45, 2.75) is 119 Å². The summed E-state index contributed by atoms with van der Waals surface area (Å²) in [5.41, 5.74) is 12.8. The Morgan fingerprint density at radius 1 is 0.385 bits per heavy atom. The van der Waals surface area contributed by atoms with Crippen molar-refractivity contribution >= 4 is 57.5 Å². The minimum Gasteiger partial charge on any atom is -0.399 e. The van der Waals surface area contributed by atoms with E-state index in [4.69, 9.17) is 18.6 Å². The Morgan fingerprint density at radius 3 is 0.962 bits per heavy atom. The summed E-state index contributed by atoms with van der Waals surface area (Å²) < 4.78 is 27.2. The van der Waals surface area contributed by atoms with Crippen LogP contribution in [-0.2, 0) is 18.6 Å². The van der Waals surface area contributed by atoms with Gasteiger partial charge in [-0.05, 0) is 197 Å². The van der Waals surface area contributed by atoms with Crippen LogP contribution in [0, 0.1) is 41.5 Å². The molecule has 0 radical (unpaired) electrons. The zero-order valence-electron chi connectivity index (χ0n) is 33.6. The molecule has 8 rings (SSSR count). The first kappa shape index (κ1) is 35.4. The van der Waals surface area contributed by atoms with Gasteiger partial charge in [-0.1, -0.05) is 59.7 Å². The molecule has 0 spiro atoms. The Bertz CT molecular complexity index is 2200. The van der Waals surface area contributed by atoms with Crippen LogP contribution in [0.1, 0.15) is 88.8 Å². The summed E-state index contributed by atoms with van der Waals surface area (Å²) in [6.45, 7) is 30.4. The summed E-state index contributed by atoms with van der Waals surface area (Å²) in [6.07, 6.45) is 0. The van der Waals surface area contributed by atoms with Crippen molar-refractivity contribution in [3.63, 3.8) is 0 Å². The van der Waals surface area contributed by atoms with E-state index in [1.54, 1.807) is 0 Å². The van der Waals surface area contributed by atoms with Crippen molar-refractivity contribution < 1.29 is 18.6 Å². The average molecular weight is 691 g/mol. The van der Waals surface area contributed by atoms with Gasteiger partial charge in [-0.2, -0.15) is 0 Å². The molecule has 266 valence electrons. The predicted octanol–water partition coefficient (Wildman–Crippen LogP) is 10.4. The number of hydrogen-bond donors (Lipinski definition) is 0. The zero-order chi connectivity index (χ0) is 37.4. The van der Waals surface area contributed by atoms with Crippen LogP contribution in [0.25, 0.3) is 54.6 Å². The van der Waals surface area contributed by atoms with Crippen molar-refractivity contribution in [1.29, 1.82) is 0 Å². The molecule has 0 bridgehead atoms. The summed E-state index contributed by atoms with van der Waals surface area (Å²) >= 11 is 0. The topological polar surface area (TPSA) is 36.9 Å². The van der Waals surface area contributed by atoms with Crippen molar-refractivity contribution in [2.24, 2.45) is 0 Å². The Kier molecular flexibility index (Phi) is 7.76. The molecule has 4 nitrogen and oxygen atoms in total. The molecule has 52 heavy (non-hydrogen) atoms. The van der Waals surface area contributed by atoms with E-state index < -0.39 is 36.6 Å². The maximum Gasteiger partial charge on any atom is 0.495 e. The van der Waals surface area contributed by atoms with Gasteiger partial charge in [0.1, 0.15) is 0 Å². The van der Waals surface area contributed by atoms with Crippen LogP contribution in [0.3, 0.4) is 0 Å². The molecule has 2 heterocycles. The van der Waals surface area contributed by atoms with Gasteiger partial charge in [0.25, 0.3) is 0 Å². The molecule has 0 N–H and O–H groups in total. The van der Waals surface area contributed by atoms with Gasteiger partial charge in [-0.25, -0.2) is 0 Å². The van der Waals surface area contributed by atoms with Gasteiger partial charge in [0.15, 0.2) is 0 Å². The van der Waals surface area contributed by atoms with E-state index in [1.165, 1.54) is 77.2 Å². The molecule has 2 saturated heterocycles. The van der Waals surface area contributed by atoms with Crippen LogP contribution in [0.2, 0.25) is 0 Å². The molecule has 0 aliphatic carbocycles. The van der Waals surface area contributed by atoms with Gasteiger partial charge in [-0.15, -0.1) is 0 Å². The third kappa shape index (κ3) is 5.12. The van der Waals surface area contributed by atoms with Crippen LogP contribution < -0.4 is 10.9 Å². The molecule has 0 aromatic heterocycles. The number of aryl methyl sites for hydroxylation is 6. The second-order valence-electron chi connectivity index (χ2n) is 17.8. The quantitative estimate of drug-likeness (QED) is 0.136. The lowest BCUT2D eigenvalue weighted by molar-refractivity contribution is 0.00578. The molecular weight excluding hydrogens is 638 g/mol. The van der Waals surface area contributed by atoms with E-state index >= 15 is 0 Å². The molecule has 0 unspecified atom stereocenters. The maximum atomic E-state index is 6.80. The van der Waals surface area contributed by atoms with Gasteiger partial charge in [-0.3, -0.25) is 0 Å². The summed E-state index contributed by atoms with van der Waals surface area (Å²) in [7, 11) is -1.03. The monoisotopic (exact) mass is 690 g/mol. The summed E-state index contributed by atoms with van der Waals surface area (Å²) in [6, 6.07) is 23.2. The fourth-order valence-corrected chi connectivity index (χ4v) is 8.99. The van der Waals surface area contributed by atoms with E-state index in [0.717, 1.165) is 21.7 Å². The van der Waals surface area contributed by atoms with Gasteiger partial charge < -0.3 is 18.6 Å². The minimum atomic E-state index is -0.517. The van der Waals surface area contributed by atoms with Gasteiger partial charge in [0, 0.05) is 0 Å². The molecule has 6 aromatic carbocycles. The van der Waals surface area contributed by atoms with E-state index in [1.807, 2.05) is 0 Å². The standard InChI is InChI=1S/C46H52B2O4/c1-25-19-27(3)39(28(4)20-25)33-23-35-37(47-49-43(7,8)44(9,10)50-47)18-16-32-34(40-29(5)21-26(2)22-30(40)6)24-36-38(17-15-31(33)41(36)42(32)35)48-51-45(11,12)46(13,14)52-48/h15-24H,1-14H3. The average Bonchev–Trinajstić information content (AvgIpc) is 3.37. The highest BCUT2D eigenvalue weighted by Crippen LogP contribution is 2.47. The number of hydrogen-bond acceptors (Lipinski definition) is 4. The third-order valence-electron chi connectivity index (χ3n) is 12.9. The lowest BCUT2D eigenvalue weighted by Crippen LogP contribution is -2.41. The van der Waals surface area contributed by atoms with E-state index in [9.17, 15) is 0 Å².